The van der Waals surface area contributed by atoms with Crippen LogP contribution in [0, 0.1) is 5.82 Å². The highest BCUT2D eigenvalue weighted by molar-refractivity contribution is 7.98. The Balaban J connectivity index is 2.09. The molecule has 0 N–H and O–H groups in total. The van der Waals surface area contributed by atoms with Crippen LogP contribution in [-0.4, -0.2) is 11.1 Å². The van der Waals surface area contributed by atoms with E-state index < -0.39 is 0 Å². The van der Waals surface area contributed by atoms with Gasteiger partial charge in [-0.15, -0.1) is 0 Å². The van der Waals surface area contributed by atoms with Crippen LogP contribution in [0.4, 0.5) is 4.39 Å². The van der Waals surface area contributed by atoms with Crippen molar-refractivity contribution >= 4 is 22.9 Å². The minimum absolute atomic E-state index is 0.256. The van der Waals surface area contributed by atoms with Crippen molar-refractivity contribution < 1.29 is 9.13 Å². The molecule has 2 nitrogen and oxygen atoms in total. The number of hydrogen-bond donors (Lipinski definition) is 0. The molecule has 19 heavy (non-hydrogen) atoms. The molecule has 0 atom stereocenters. The van der Waals surface area contributed by atoms with E-state index in [9.17, 15) is 4.39 Å². The SMILES string of the molecule is COc1cn(Sc2ccccc2)c2ccc(F)cc12. The van der Waals surface area contributed by atoms with Crippen LogP contribution in [0.2, 0.25) is 0 Å². The summed E-state index contributed by atoms with van der Waals surface area (Å²) in [7, 11) is 1.59. The molecular weight excluding hydrogens is 261 g/mol. The lowest BCUT2D eigenvalue weighted by atomic mass is 10.2. The van der Waals surface area contributed by atoms with Crippen LogP contribution in [-0.2, 0) is 0 Å². The molecule has 0 aliphatic carbocycles. The van der Waals surface area contributed by atoms with Gasteiger partial charge in [0.05, 0.1) is 18.8 Å². The van der Waals surface area contributed by atoms with Crippen LogP contribution in [0.3, 0.4) is 0 Å². The van der Waals surface area contributed by atoms with Crippen molar-refractivity contribution in [2.75, 3.05) is 7.11 Å². The molecule has 0 spiro atoms. The molecule has 0 aliphatic heterocycles. The Hall–Kier alpha value is -1.94. The van der Waals surface area contributed by atoms with Gasteiger partial charge in [-0.3, -0.25) is 3.97 Å². The monoisotopic (exact) mass is 273 g/mol. The van der Waals surface area contributed by atoms with Crippen molar-refractivity contribution in [2.24, 2.45) is 0 Å². The predicted molar refractivity (Wildman–Crippen MR) is 76.1 cm³/mol. The molecule has 3 aromatic rings. The average Bonchev–Trinajstić information content (AvgIpc) is 2.77. The third kappa shape index (κ3) is 2.31. The zero-order valence-electron chi connectivity index (χ0n) is 10.3. The smallest absolute Gasteiger partial charge is 0.145 e. The van der Waals surface area contributed by atoms with E-state index in [0.717, 1.165) is 15.8 Å². The summed E-state index contributed by atoms with van der Waals surface area (Å²) >= 11 is 1.57. The number of halogens is 1. The summed E-state index contributed by atoms with van der Waals surface area (Å²) in [4.78, 5) is 1.12. The quantitative estimate of drug-likeness (QED) is 0.704. The summed E-state index contributed by atoms with van der Waals surface area (Å²) in [6, 6.07) is 14.8. The summed E-state index contributed by atoms with van der Waals surface area (Å²) in [5.74, 6) is 0.422. The van der Waals surface area contributed by atoms with Crippen molar-refractivity contribution in [3.05, 3.63) is 60.5 Å². The highest BCUT2D eigenvalue weighted by Crippen LogP contribution is 2.33. The molecule has 96 valence electrons. The third-order valence-electron chi connectivity index (χ3n) is 2.86. The third-order valence-corrected chi connectivity index (χ3v) is 3.84. The normalized spacial score (nSPS) is 10.8. The molecule has 0 amide bonds. The Morgan fingerprint density at radius 2 is 1.89 bits per heavy atom. The van der Waals surface area contributed by atoms with Gasteiger partial charge in [0.1, 0.15) is 11.6 Å². The number of ether oxygens (including phenoxy) is 1. The van der Waals surface area contributed by atoms with E-state index in [1.54, 1.807) is 25.1 Å². The van der Waals surface area contributed by atoms with Crippen molar-refractivity contribution in [1.29, 1.82) is 0 Å². The highest BCUT2D eigenvalue weighted by atomic mass is 32.2. The molecule has 4 heteroatoms. The molecule has 0 radical (unpaired) electrons. The number of nitrogens with zero attached hydrogens (tertiary/aromatic N) is 1. The first kappa shape index (κ1) is 12.1. The Kier molecular flexibility index (Phi) is 3.17. The highest BCUT2D eigenvalue weighted by Gasteiger charge is 2.10. The summed E-state index contributed by atoms with van der Waals surface area (Å²) in [5.41, 5.74) is 0.937. The standard InChI is InChI=1S/C15H12FNOS/c1-18-15-10-17(19-12-5-3-2-4-6-12)14-8-7-11(16)9-13(14)15/h2-10H,1H3. The van der Waals surface area contributed by atoms with E-state index in [-0.39, 0.29) is 5.82 Å². The largest absolute Gasteiger partial charge is 0.494 e. The molecule has 1 aromatic heterocycles. The van der Waals surface area contributed by atoms with Gasteiger partial charge in [-0.2, -0.15) is 0 Å². The topological polar surface area (TPSA) is 14.2 Å². The Morgan fingerprint density at radius 3 is 2.63 bits per heavy atom. The maximum atomic E-state index is 13.3. The van der Waals surface area contributed by atoms with Gasteiger partial charge in [0.25, 0.3) is 0 Å². The van der Waals surface area contributed by atoms with Gasteiger partial charge in [-0.05, 0) is 42.3 Å². The molecule has 0 fully saturated rings. The van der Waals surface area contributed by atoms with Gasteiger partial charge in [-0.25, -0.2) is 4.39 Å². The van der Waals surface area contributed by atoms with E-state index in [2.05, 4.69) is 0 Å². The lowest BCUT2D eigenvalue weighted by Crippen LogP contribution is -1.84. The van der Waals surface area contributed by atoms with E-state index in [1.807, 2.05) is 40.5 Å². The maximum absolute atomic E-state index is 13.3. The van der Waals surface area contributed by atoms with Crippen LogP contribution in [0.1, 0.15) is 0 Å². The average molecular weight is 273 g/mol. The van der Waals surface area contributed by atoms with Crippen molar-refractivity contribution in [3.8, 4) is 5.75 Å². The van der Waals surface area contributed by atoms with Crippen LogP contribution >= 0.6 is 11.9 Å². The molecule has 0 aliphatic rings. The summed E-state index contributed by atoms with van der Waals surface area (Å²) in [6.07, 6.45) is 1.88. The number of hydrogen-bond acceptors (Lipinski definition) is 2. The zero-order valence-corrected chi connectivity index (χ0v) is 11.2. The van der Waals surface area contributed by atoms with Crippen LogP contribution in [0.5, 0.6) is 5.75 Å². The van der Waals surface area contributed by atoms with Gasteiger partial charge < -0.3 is 4.74 Å². The Morgan fingerprint density at radius 1 is 1.11 bits per heavy atom. The van der Waals surface area contributed by atoms with E-state index in [0.29, 0.717) is 5.75 Å². The van der Waals surface area contributed by atoms with Crippen LogP contribution < -0.4 is 4.74 Å². The van der Waals surface area contributed by atoms with Gasteiger partial charge in [0.15, 0.2) is 0 Å². The van der Waals surface area contributed by atoms with Gasteiger partial charge in [0.2, 0.25) is 0 Å². The predicted octanol–water partition coefficient (Wildman–Crippen LogP) is 4.34. The summed E-state index contributed by atoms with van der Waals surface area (Å²) in [5, 5.41) is 0.783. The second-order valence-corrected chi connectivity index (χ2v) is 5.14. The maximum Gasteiger partial charge on any atom is 0.145 e. The van der Waals surface area contributed by atoms with Crippen LogP contribution in [0.15, 0.2) is 59.6 Å². The van der Waals surface area contributed by atoms with Gasteiger partial charge >= 0.3 is 0 Å². The lowest BCUT2D eigenvalue weighted by molar-refractivity contribution is 0.419. The first-order valence-electron chi connectivity index (χ1n) is 5.86. The second kappa shape index (κ2) is 4.97. The Labute approximate surface area is 114 Å². The number of rotatable bonds is 3. The van der Waals surface area contributed by atoms with E-state index in [4.69, 9.17) is 4.74 Å². The molecule has 0 bridgehead atoms. The second-order valence-electron chi connectivity index (χ2n) is 4.09. The van der Waals surface area contributed by atoms with Gasteiger partial charge in [0, 0.05) is 10.3 Å². The molecule has 0 saturated carbocycles. The fraction of sp³-hybridized carbons (Fsp3) is 0.0667. The summed E-state index contributed by atoms with van der Waals surface area (Å²) < 4.78 is 20.6. The number of aromatic nitrogens is 1. The van der Waals surface area contributed by atoms with E-state index >= 15 is 0 Å². The lowest BCUT2D eigenvalue weighted by Gasteiger charge is -2.03. The first-order chi connectivity index (χ1) is 9.28. The molecule has 0 saturated heterocycles. The minimum Gasteiger partial charge on any atom is -0.494 e. The zero-order chi connectivity index (χ0) is 13.2. The van der Waals surface area contributed by atoms with Crippen molar-refractivity contribution in [2.45, 2.75) is 4.90 Å². The molecule has 3 rings (SSSR count). The van der Waals surface area contributed by atoms with Crippen LogP contribution in [0.25, 0.3) is 10.9 Å². The van der Waals surface area contributed by atoms with Crippen molar-refractivity contribution in [1.82, 2.24) is 3.97 Å². The number of benzene rings is 2. The molecular formula is C15H12FNOS. The minimum atomic E-state index is -0.256. The first-order valence-corrected chi connectivity index (χ1v) is 6.63. The number of fused-ring (bicyclic) bond motifs is 1. The molecule has 0 unspecified atom stereocenters. The van der Waals surface area contributed by atoms with Crippen molar-refractivity contribution in [3.63, 3.8) is 0 Å². The molecule has 2 aromatic carbocycles. The van der Waals surface area contributed by atoms with E-state index in [1.165, 1.54) is 12.1 Å². The molecule has 1 heterocycles. The fourth-order valence-electron chi connectivity index (χ4n) is 1.98. The Bertz CT molecular complexity index is 709. The van der Waals surface area contributed by atoms with Gasteiger partial charge in [-0.1, -0.05) is 18.2 Å². The summed E-state index contributed by atoms with van der Waals surface area (Å²) in [6.45, 7) is 0. The number of methoxy groups -OCH3 is 1. The fourth-order valence-corrected chi connectivity index (χ4v) is 2.89.